The molecule has 0 heterocycles. The lowest BCUT2D eigenvalue weighted by Gasteiger charge is -2.13. The van der Waals surface area contributed by atoms with Gasteiger partial charge in [0.2, 0.25) is 5.91 Å². The number of hydrogen-bond donors (Lipinski definition) is 3. The summed E-state index contributed by atoms with van der Waals surface area (Å²) in [6.07, 6.45) is 7.18. The molecule has 5 heteroatoms. The number of amidine groups is 1. The van der Waals surface area contributed by atoms with Crippen molar-refractivity contribution in [2.75, 3.05) is 6.54 Å². The van der Waals surface area contributed by atoms with Crippen LogP contribution in [-0.2, 0) is 4.79 Å². The number of amides is 1. The predicted molar refractivity (Wildman–Crippen MR) is 62.2 cm³/mol. The maximum atomic E-state index is 11.8. The van der Waals surface area contributed by atoms with Gasteiger partial charge in [-0.15, -0.1) is 0 Å². The van der Waals surface area contributed by atoms with E-state index in [0.29, 0.717) is 13.0 Å². The Kier molecular flexibility index (Phi) is 5.67. The summed E-state index contributed by atoms with van der Waals surface area (Å²) in [7, 11) is 0. The number of oxime groups is 1. The fourth-order valence-electron chi connectivity index (χ4n) is 2.05. The van der Waals surface area contributed by atoms with Gasteiger partial charge in [-0.05, 0) is 12.8 Å². The van der Waals surface area contributed by atoms with Crippen LogP contribution in [0.2, 0.25) is 0 Å². The van der Waals surface area contributed by atoms with Crippen LogP contribution in [0.15, 0.2) is 5.16 Å². The summed E-state index contributed by atoms with van der Waals surface area (Å²) in [6.45, 7) is 0.450. The predicted octanol–water partition coefficient (Wildman–Crippen LogP) is 1.21. The second-order valence-corrected chi connectivity index (χ2v) is 4.32. The lowest BCUT2D eigenvalue weighted by molar-refractivity contribution is -0.125. The number of nitrogens with two attached hydrogens (primary N) is 1. The zero-order valence-corrected chi connectivity index (χ0v) is 9.61. The highest BCUT2D eigenvalue weighted by Gasteiger charge is 2.19. The molecule has 0 aliphatic heterocycles. The Hall–Kier alpha value is -1.26. The van der Waals surface area contributed by atoms with Crippen LogP contribution in [0.1, 0.15) is 44.9 Å². The minimum absolute atomic E-state index is 0.118. The zero-order valence-electron chi connectivity index (χ0n) is 9.61. The number of carbonyl (C=O) groups excluding carboxylic acids is 1. The summed E-state index contributed by atoms with van der Waals surface area (Å²) in [5.74, 6) is 0.434. The first-order chi connectivity index (χ1) is 7.74. The molecule has 0 aromatic carbocycles. The summed E-state index contributed by atoms with van der Waals surface area (Å²) in [4.78, 5) is 11.8. The SMILES string of the molecule is NC(CCNC(=O)C1CCCCCC1)=NO. The number of hydrogen-bond acceptors (Lipinski definition) is 3. The third-order valence-electron chi connectivity index (χ3n) is 3.03. The molecule has 1 fully saturated rings. The van der Waals surface area contributed by atoms with Crippen molar-refractivity contribution in [2.45, 2.75) is 44.9 Å². The highest BCUT2D eigenvalue weighted by atomic mass is 16.4. The molecule has 4 N–H and O–H groups in total. The van der Waals surface area contributed by atoms with Gasteiger partial charge in [0.1, 0.15) is 5.84 Å². The Morgan fingerprint density at radius 1 is 1.31 bits per heavy atom. The molecule has 0 saturated heterocycles. The van der Waals surface area contributed by atoms with Crippen LogP contribution in [0.25, 0.3) is 0 Å². The van der Waals surface area contributed by atoms with Gasteiger partial charge >= 0.3 is 0 Å². The summed E-state index contributed by atoms with van der Waals surface area (Å²) in [5.41, 5.74) is 5.31. The van der Waals surface area contributed by atoms with Gasteiger partial charge in [-0.2, -0.15) is 0 Å². The number of rotatable bonds is 4. The van der Waals surface area contributed by atoms with Crippen LogP contribution in [-0.4, -0.2) is 23.5 Å². The summed E-state index contributed by atoms with van der Waals surface area (Å²) in [6, 6.07) is 0. The molecular weight excluding hydrogens is 206 g/mol. The van der Waals surface area contributed by atoms with Crippen molar-refractivity contribution < 1.29 is 10.0 Å². The van der Waals surface area contributed by atoms with E-state index in [1.807, 2.05) is 0 Å². The third-order valence-corrected chi connectivity index (χ3v) is 3.03. The maximum absolute atomic E-state index is 11.8. The van der Waals surface area contributed by atoms with E-state index in [-0.39, 0.29) is 17.7 Å². The molecule has 0 spiro atoms. The third kappa shape index (κ3) is 4.51. The van der Waals surface area contributed by atoms with Gasteiger partial charge in [0, 0.05) is 18.9 Å². The van der Waals surface area contributed by atoms with E-state index in [2.05, 4.69) is 10.5 Å². The monoisotopic (exact) mass is 227 g/mol. The van der Waals surface area contributed by atoms with E-state index < -0.39 is 0 Å². The van der Waals surface area contributed by atoms with E-state index in [9.17, 15) is 4.79 Å². The molecule has 0 aromatic rings. The lowest BCUT2D eigenvalue weighted by Crippen LogP contribution is -2.33. The molecule has 0 bridgehead atoms. The van der Waals surface area contributed by atoms with E-state index in [4.69, 9.17) is 10.9 Å². The van der Waals surface area contributed by atoms with Gasteiger partial charge in [-0.3, -0.25) is 4.79 Å². The normalized spacial score (nSPS) is 19.1. The average molecular weight is 227 g/mol. The van der Waals surface area contributed by atoms with Gasteiger partial charge in [-0.25, -0.2) is 0 Å². The van der Waals surface area contributed by atoms with E-state index in [0.717, 1.165) is 25.7 Å². The number of nitrogens with zero attached hydrogens (tertiary/aromatic N) is 1. The van der Waals surface area contributed by atoms with Crippen LogP contribution in [0, 0.1) is 5.92 Å². The summed E-state index contributed by atoms with van der Waals surface area (Å²) >= 11 is 0. The fraction of sp³-hybridized carbons (Fsp3) is 0.818. The first-order valence-corrected chi connectivity index (χ1v) is 5.98. The quantitative estimate of drug-likeness (QED) is 0.222. The van der Waals surface area contributed by atoms with Gasteiger partial charge in [-0.1, -0.05) is 30.8 Å². The van der Waals surface area contributed by atoms with E-state index in [1.54, 1.807) is 0 Å². The van der Waals surface area contributed by atoms with Gasteiger partial charge in [0.05, 0.1) is 0 Å². The maximum Gasteiger partial charge on any atom is 0.223 e. The van der Waals surface area contributed by atoms with Crippen LogP contribution >= 0.6 is 0 Å². The van der Waals surface area contributed by atoms with E-state index in [1.165, 1.54) is 12.8 Å². The summed E-state index contributed by atoms with van der Waals surface area (Å²) in [5, 5.41) is 14.0. The average Bonchev–Trinajstić information content (AvgIpc) is 2.57. The lowest BCUT2D eigenvalue weighted by atomic mass is 9.99. The van der Waals surface area contributed by atoms with Crippen molar-refractivity contribution in [3.05, 3.63) is 0 Å². The molecule has 1 rings (SSSR count). The smallest absolute Gasteiger partial charge is 0.223 e. The van der Waals surface area contributed by atoms with Crippen molar-refractivity contribution in [2.24, 2.45) is 16.8 Å². The van der Waals surface area contributed by atoms with Gasteiger partial charge in [0.25, 0.3) is 0 Å². The molecule has 0 atom stereocenters. The van der Waals surface area contributed by atoms with Crippen LogP contribution in [0.3, 0.4) is 0 Å². The summed E-state index contributed by atoms with van der Waals surface area (Å²) < 4.78 is 0. The molecular formula is C11H21N3O2. The van der Waals surface area contributed by atoms with Crippen molar-refractivity contribution in [3.8, 4) is 0 Å². The standard InChI is InChI=1S/C11H21N3O2/c12-10(14-16)7-8-13-11(15)9-5-3-1-2-4-6-9/h9,16H,1-8H2,(H2,12,14)(H,13,15). The molecule has 1 aliphatic carbocycles. The molecule has 16 heavy (non-hydrogen) atoms. The minimum atomic E-state index is 0.118. The molecule has 0 radical (unpaired) electrons. The molecule has 0 aromatic heterocycles. The molecule has 0 unspecified atom stereocenters. The highest BCUT2D eigenvalue weighted by molar-refractivity contribution is 5.82. The largest absolute Gasteiger partial charge is 0.409 e. The molecule has 1 aliphatic rings. The Labute approximate surface area is 96.1 Å². The van der Waals surface area contributed by atoms with Crippen molar-refractivity contribution in [3.63, 3.8) is 0 Å². The van der Waals surface area contributed by atoms with Crippen LogP contribution < -0.4 is 11.1 Å². The molecule has 92 valence electrons. The molecule has 1 amide bonds. The van der Waals surface area contributed by atoms with E-state index >= 15 is 0 Å². The Morgan fingerprint density at radius 3 is 2.50 bits per heavy atom. The second-order valence-electron chi connectivity index (χ2n) is 4.32. The highest BCUT2D eigenvalue weighted by Crippen LogP contribution is 2.22. The van der Waals surface area contributed by atoms with Crippen LogP contribution in [0.4, 0.5) is 0 Å². The van der Waals surface area contributed by atoms with Gasteiger partial charge in [0.15, 0.2) is 0 Å². The topological polar surface area (TPSA) is 87.7 Å². The Balaban J connectivity index is 2.22. The first-order valence-electron chi connectivity index (χ1n) is 5.98. The molecule has 1 saturated carbocycles. The Bertz CT molecular complexity index is 246. The van der Waals surface area contributed by atoms with Crippen molar-refractivity contribution in [1.82, 2.24) is 5.32 Å². The molecule has 5 nitrogen and oxygen atoms in total. The Morgan fingerprint density at radius 2 is 1.94 bits per heavy atom. The minimum Gasteiger partial charge on any atom is -0.409 e. The fourth-order valence-corrected chi connectivity index (χ4v) is 2.05. The number of carbonyl (C=O) groups is 1. The second kappa shape index (κ2) is 7.09. The van der Waals surface area contributed by atoms with Crippen LogP contribution in [0.5, 0.6) is 0 Å². The van der Waals surface area contributed by atoms with Gasteiger partial charge < -0.3 is 16.3 Å². The zero-order chi connectivity index (χ0) is 11.8. The number of nitrogens with one attached hydrogen (secondary N) is 1. The van der Waals surface area contributed by atoms with Crippen molar-refractivity contribution >= 4 is 11.7 Å². The first kappa shape index (κ1) is 12.8. The van der Waals surface area contributed by atoms with Crippen molar-refractivity contribution in [1.29, 1.82) is 0 Å².